The lowest BCUT2D eigenvalue weighted by Gasteiger charge is -2.06. The minimum atomic E-state index is -1.26. The summed E-state index contributed by atoms with van der Waals surface area (Å²) >= 11 is 5.31. The van der Waals surface area contributed by atoms with Gasteiger partial charge in [0.1, 0.15) is 0 Å². The third-order valence-corrected chi connectivity index (χ3v) is 1.99. The Morgan fingerprint density at radius 2 is 2.06 bits per heavy atom. The highest BCUT2D eigenvalue weighted by Gasteiger charge is 2.27. The second-order valence-corrected chi connectivity index (χ2v) is 3.19. The molecule has 1 amide bonds. The Balaban J connectivity index is 3.50. The number of benzene rings is 1. The zero-order valence-electron chi connectivity index (χ0n) is 7.88. The summed E-state index contributed by atoms with van der Waals surface area (Å²) in [5, 5.41) is 11.6. The molecule has 16 heavy (non-hydrogen) atoms. The fraction of sp³-hybridized carbons (Fsp3) is 0.125. The van der Waals surface area contributed by atoms with E-state index >= 15 is 0 Å². The van der Waals surface area contributed by atoms with Gasteiger partial charge >= 0.3 is 5.69 Å². The number of nitrogens with one attached hydrogen (secondary N) is 1. The summed E-state index contributed by atoms with van der Waals surface area (Å²) in [4.78, 5) is 20.2. The van der Waals surface area contributed by atoms with Crippen molar-refractivity contribution >= 4 is 28.9 Å². The highest BCUT2D eigenvalue weighted by Crippen LogP contribution is 2.36. The first kappa shape index (κ1) is 12.3. The van der Waals surface area contributed by atoms with Crippen molar-refractivity contribution < 1.29 is 18.5 Å². The number of hydrogen-bond donors (Lipinski definition) is 1. The van der Waals surface area contributed by atoms with Gasteiger partial charge in [0.25, 0.3) is 0 Å². The average Bonchev–Trinajstić information content (AvgIpc) is 2.13. The molecule has 0 spiro atoms. The number of amides is 1. The molecular weight excluding hydrogens is 246 g/mol. The molecule has 1 aromatic rings. The van der Waals surface area contributed by atoms with Gasteiger partial charge in [-0.05, 0) is 0 Å². The SMILES string of the molecule is CC(=O)Nc1c(F)cc(F)c(Cl)c1[N+](=O)[O-]. The molecule has 8 heteroatoms. The number of nitrogens with zero attached hydrogens (tertiary/aromatic N) is 1. The van der Waals surface area contributed by atoms with Crippen LogP contribution in [0.2, 0.25) is 5.02 Å². The second kappa shape index (κ2) is 4.40. The predicted octanol–water partition coefficient (Wildman–Crippen LogP) is 2.48. The summed E-state index contributed by atoms with van der Waals surface area (Å²) in [5.74, 6) is -3.26. The monoisotopic (exact) mass is 250 g/mol. The van der Waals surface area contributed by atoms with Crippen LogP contribution < -0.4 is 5.32 Å². The third kappa shape index (κ3) is 2.25. The van der Waals surface area contributed by atoms with E-state index < -0.39 is 38.9 Å². The minimum Gasteiger partial charge on any atom is -0.318 e. The quantitative estimate of drug-likeness (QED) is 0.498. The van der Waals surface area contributed by atoms with E-state index in [4.69, 9.17) is 11.6 Å². The smallest absolute Gasteiger partial charge is 0.317 e. The van der Waals surface area contributed by atoms with Crippen molar-refractivity contribution in [2.75, 3.05) is 5.32 Å². The van der Waals surface area contributed by atoms with Crippen molar-refractivity contribution in [3.8, 4) is 0 Å². The van der Waals surface area contributed by atoms with Crippen LogP contribution in [0, 0.1) is 21.7 Å². The zero-order chi connectivity index (χ0) is 12.5. The lowest BCUT2D eigenvalue weighted by Crippen LogP contribution is -2.10. The average molecular weight is 251 g/mol. The van der Waals surface area contributed by atoms with E-state index in [1.165, 1.54) is 0 Å². The van der Waals surface area contributed by atoms with E-state index in [1.54, 1.807) is 0 Å². The maximum Gasteiger partial charge on any atom is 0.317 e. The van der Waals surface area contributed by atoms with E-state index in [0.717, 1.165) is 6.92 Å². The van der Waals surface area contributed by atoms with Crippen molar-refractivity contribution in [3.63, 3.8) is 0 Å². The van der Waals surface area contributed by atoms with Gasteiger partial charge in [-0.25, -0.2) is 8.78 Å². The Kier molecular flexibility index (Phi) is 3.38. The molecule has 86 valence electrons. The van der Waals surface area contributed by atoms with E-state index in [9.17, 15) is 23.7 Å². The van der Waals surface area contributed by atoms with Gasteiger partial charge in [0.15, 0.2) is 22.3 Å². The maximum atomic E-state index is 13.2. The molecule has 0 aromatic heterocycles. The number of anilines is 1. The van der Waals surface area contributed by atoms with Crippen LogP contribution in [0.25, 0.3) is 0 Å². The van der Waals surface area contributed by atoms with Gasteiger partial charge in [-0.15, -0.1) is 0 Å². The highest BCUT2D eigenvalue weighted by molar-refractivity contribution is 6.33. The largest absolute Gasteiger partial charge is 0.318 e. The first-order chi connectivity index (χ1) is 7.34. The molecule has 1 N–H and O–H groups in total. The van der Waals surface area contributed by atoms with Gasteiger partial charge in [0, 0.05) is 13.0 Å². The van der Waals surface area contributed by atoms with Crippen molar-refractivity contribution in [2.24, 2.45) is 0 Å². The molecule has 0 saturated carbocycles. The zero-order valence-corrected chi connectivity index (χ0v) is 8.64. The Bertz CT molecular complexity index is 479. The molecule has 0 atom stereocenters. The highest BCUT2D eigenvalue weighted by atomic mass is 35.5. The van der Waals surface area contributed by atoms with Crippen molar-refractivity contribution in [1.82, 2.24) is 0 Å². The molecule has 1 rings (SSSR count). The summed E-state index contributed by atoms with van der Waals surface area (Å²) < 4.78 is 26.1. The predicted molar refractivity (Wildman–Crippen MR) is 52.3 cm³/mol. The molecule has 0 saturated heterocycles. The van der Waals surface area contributed by atoms with Crippen LogP contribution in [0.5, 0.6) is 0 Å². The number of halogens is 3. The van der Waals surface area contributed by atoms with Gasteiger partial charge in [0.05, 0.1) is 4.92 Å². The molecule has 1 aromatic carbocycles. The summed E-state index contributed by atoms with van der Waals surface area (Å²) in [6.07, 6.45) is 0. The fourth-order valence-corrected chi connectivity index (χ4v) is 1.27. The maximum absolute atomic E-state index is 13.2. The number of hydrogen-bond acceptors (Lipinski definition) is 3. The van der Waals surface area contributed by atoms with Gasteiger partial charge in [-0.2, -0.15) is 0 Å². The number of nitro groups is 1. The normalized spacial score (nSPS) is 10.0. The molecular formula is C8H5ClF2N2O3. The van der Waals surface area contributed by atoms with Crippen LogP contribution in [0.15, 0.2) is 6.07 Å². The van der Waals surface area contributed by atoms with Gasteiger partial charge in [-0.1, -0.05) is 11.6 Å². The summed E-state index contributed by atoms with van der Waals surface area (Å²) in [6, 6.07) is 0.362. The molecule has 0 fully saturated rings. The van der Waals surface area contributed by atoms with E-state index in [1.807, 2.05) is 5.32 Å². The first-order valence-corrected chi connectivity index (χ1v) is 4.32. The van der Waals surface area contributed by atoms with Crippen LogP contribution in [-0.4, -0.2) is 10.8 Å². The van der Waals surface area contributed by atoms with Crippen LogP contribution in [-0.2, 0) is 4.79 Å². The second-order valence-electron chi connectivity index (χ2n) is 2.82. The topological polar surface area (TPSA) is 72.2 Å². The Labute approximate surface area is 93.2 Å². The van der Waals surface area contributed by atoms with E-state index in [-0.39, 0.29) is 0 Å². The Morgan fingerprint density at radius 1 is 1.50 bits per heavy atom. The molecule has 0 bridgehead atoms. The third-order valence-electron chi connectivity index (χ3n) is 1.63. The molecule has 0 unspecified atom stereocenters. The number of carbonyl (C=O) groups is 1. The molecule has 0 aliphatic rings. The van der Waals surface area contributed by atoms with Crippen molar-refractivity contribution in [2.45, 2.75) is 6.92 Å². The van der Waals surface area contributed by atoms with Crippen LogP contribution in [0.3, 0.4) is 0 Å². The van der Waals surface area contributed by atoms with Crippen LogP contribution >= 0.6 is 11.6 Å². The molecule has 5 nitrogen and oxygen atoms in total. The van der Waals surface area contributed by atoms with Gasteiger partial charge in [-0.3, -0.25) is 14.9 Å². The molecule has 0 heterocycles. The standard InChI is InChI=1S/C8H5ClF2N2O3/c1-3(14)12-7-5(11)2-4(10)6(9)8(7)13(15)16/h2H,1H3,(H,12,14). The Hall–Kier alpha value is -1.76. The van der Waals surface area contributed by atoms with E-state index in [2.05, 4.69) is 0 Å². The molecule has 0 radical (unpaired) electrons. The van der Waals surface area contributed by atoms with Crippen molar-refractivity contribution in [3.05, 3.63) is 32.8 Å². The number of rotatable bonds is 2. The lowest BCUT2D eigenvalue weighted by atomic mass is 10.2. The summed E-state index contributed by atoms with van der Waals surface area (Å²) in [6.45, 7) is 1.03. The van der Waals surface area contributed by atoms with E-state index in [0.29, 0.717) is 6.07 Å². The number of nitro benzene ring substituents is 1. The fourth-order valence-electron chi connectivity index (χ4n) is 1.05. The Morgan fingerprint density at radius 3 is 2.50 bits per heavy atom. The van der Waals surface area contributed by atoms with Gasteiger partial charge in [0.2, 0.25) is 5.91 Å². The molecule has 0 aliphatic carbocycles. The number of carbonyl (C=O) groups excluding carboxylic acids is 1. The summed E-state index contributed by atoms with van der Waals surface area (Å²) in [7, 11) is 0. The first-order valence-electron chi connectivity index (χ1n) is 3.94. The van der Waals surface area contributed by atoms with Crippen LogP contribution in [0.4, 0.5) is 20.2 Å². The van der Waals surface area contributed by atoms with Gasteiger partial charge < -0.3 is 5.32 Å². The van der Waals surface area contributed by atoms with Crippen molar-refractivity contribution in [1.29, 1.82) is 0 Å². The minimum absolute atomic E-state index is 0.362. The lowest BCUT2D eigenvalue weighted by molar-refractivity contribution is -0.384. The molecule has 0 aliphatic heterocycles. The summed E-state index contributed by atoms with van der Waals surface area (Å²) in [5.41, 5.74) is -1.75. The van der Waals surface area contributed by atoms with Crippen LogP contribution in [0.1, 0.15) is 6.92 Å².